The second-order valence-corrected chi connectivity index (χ2v) is 5.19. The van der Waals surface area contributed by atoms with Gasteiger partial charge in [0.05, 0.1) is 0 Å². The van der Waals surface area contributed by atoms with E-state index >= 15 is 0 Å². The first-order chi connectivity index (χ1) is 7.25. The van der Waals surface area contributed by atoms with E-state index in [-0.39, 0.29) is 0 Å². The van der Waals surface area contributed by atoms with Crippen molar-refractivity contribution in [3.8, 4) is 0 Å². The molecule has 3 rings (SSSR count). The summed E-state index contributed by atoms with van der Waals surface area (Å²) < 4.78 is 0. The summed E-state index contributed by atoms with van der Waals surface area (Å²) in [5, 5.41) is 0. The molecule has 2 N–H and O–H groups in total. The van der Waals surface area contributed by atoms with Crippen LogP contribution in [0.2, 0.25) is 0 Å². The first-order valence-electron chi connectivity index (χ1n) is 6.17. The van der Waals surface area contributed by atoms with E-state index in [9.17, 15) is 0 Å². The van der Waals surface area contributed by atoms with Crippen LogP contribution in [0.5, 0.6) is 0 Å². The van der Waals surface area contributed by atoms with Crippen molar-refractivity contribution in [3.05, 3.63) is 34.4 Å². The van der Waals surface area contributed by atoms with Gasteiger partial charge in [0.1, 0.15) is 0 Å². The lowest BCUT2D eigenvalue weighted by molar-refractivity contribution is 0.513. The van der Waals surface area contributed by atoms with Crippen molar-refractivity contribution in [3.63, 3.8) is 0 Å². The molecular formula is C14H19N. The van der Waals surface area contributed by atoms with Gasteiger partial charge in [0.15, 0.2) is 0 Å². The van der Waals surface area contributed by atoms with Gasteiger partial charge in [-0.3, -0.25) is 0 Å². The largest absolute Gasteiger partial charge is 0.324 e. The highest BCUT2D eigenvalue weighted by atomic mass is 14.6. The van der Waals surface area contributed by atoms with E-state index in [0.717, 1.165) is 6.42 Å². The van der Waals surface area contributed by atoms with Crippen molar-refractivity contribution in [2.75, 3.05) is 0 Å². The summed E-state index contributed by atoms with van der Waals surface area (Å²) >= 11 is 0. The van der Waals surface area contributed by atoms with E-state index in [1.54, 1.807) is 11.1 Å². The second-order valence-electron chi connectivity index (χ2n) is 5.19. The lowest BCUT2D eigenvalue weighted by Crippen LogP contribution is -2.19. The zero-order valence-corrected chi connectivity index (χ0v) is 9.42. The molecule has 1 heteroatoms. The van der Waals surface area contributed by atoms with Crippen LogP contribution in [0.15, 0.2) is 12.1 Å². The van der Waals surface area contributed by atoms with E-state index in [4.69, 9.17) is 5.73 Å². The van der Waals surface area contributed by atoms with Gasteiger partial charge in [-0.25, -0.2) is 0 Å². The molecule has 0 saturated heterocycles. The number of hydrogen-bond acceptors (Lipinski definition) is 1. The molecule has 0 fully saturated rings. The van der Waals surface area contributed by atoms with E-state index in [1.165, 1.54) is 36.8 Å². The highest BCUT2D eigenvalue weighted by Gasteiger charge is 2.24. The van der Waals surface area contributed by atoms with Gasteiger partial charge in [-0.05, 0) is 60.3 Å². The van der Waals surface area contributed by atoms with Gasteiger partial charge in [-0.1, -0.05) is 19.1 Å². The number of benzene rings is 1. The van der Waals surface area contributed by atoms with E-state index in [0.29, 0.717) is 12.0 Å². The average Bonchev–Trinajstić information content (AvgIpc) is 2.69. The minimum atomic E-state index is 0.294. The number of hydrogen-bond donors (Lipinski definition) is 1. The van der Waals surface area contributed by atoms with Crippen molar-refractivity contribution in [2.24, 2.45) is 5.73 Å². The molecule has 15 heavy (non-hydrogen) atoms. The maximum atomic E-state index is 6.20. The van der Waals surface area contributed by atoms with Gasteiger partial charge in [-0.2, -0.15) is 0 Å². The lowest BCUT2D eigenvalue weighted by atomic mass is 9.80. The molecule has 2 aliphatic rings. The van der Waals surface area contributed by atoms with Gasteiger partial charge < -0.3 is 5.73 Å². The second kappa shape index (κ2) is 3.34. The van der Waals surface area contributed by atoms with Crippen LogP contribution in [-0.2, 0) is 12.8 Å². The smallest absolute Gasteiger partial charge is 0.0297 e. The first kappa shape index (κ1) is 9.41. The minimum absolute atomic E-state index is 0.294. The van der Waals surface area contributed by atoms with Gasteiger partial charge in [0.2, 0.25) is 0 Å². The van der Waals surface area contributed by atoms with Crippen molar-refractivity contribution in [2.45, 2.75) is 51.0 Å². The summed E-state index contributed by atoms with van der Waals surface area (Å²) in [7, 11) is 0. The normalized spacial score (nSPS) is 28.7. The maximum Gasteiger partial charge on any atom is 0.0297 e. The fourth-order valence-electron chi connectivity index (χ4n) is 3.15. The third kappa shape index (κ3) is 1.41. The molecule has 80 valence electrons. The van der Waals surface area contributed by atoms with Crippen LogP contribution in [0.3, 0.4) is 0 Å². The molecule has 0 spiro atoms. The van der Waals surface area contributed by atoms with Crippen molar-refractivity contribution in [1.82, 2.24) is 0 Å². The summed E-state index contributed by atoms with van der Waals surface area (Å²) in [6.07, 6.45) is 6.30. The fraction of sp³-hybridized carbons (Fsp3) is 0.571. The Bertz CT molecular complexity index is 358. The monoisotopic (exact) mass is 201 g/mol. The Morgan fingerprint density at radius 3 is 2.47 bits per heavy atom. The topological polar surface area (TPSA) is 26.0 Å². The number of rotatable bonds is 0. The fourth-order valence-corrected chi connectivity index (χ4v) is 3.15. The molecule has 1 aromatic carbocycles. The van der Waals surface area contributed by atoms with E-state index in [1.807, 2.05) is 0 Å². The van der Waals surface area contributed by atoms with Crippen molar-refractivity contribution in [1.29, 1.82) is 0 Å². The van der Waals surface area contributed by atoms with Gasteiger partial charge in [-0.15, -0.1) is 0 Å². The molecule has 0 bridgehead atoms. The van der Waals surface area contributed by atoms with Crippen LogP contribution < -0.4 is 5.73 Å². The number of nitrogens with two attached hydrogens (primary N) is 1. The first-order valence-corrected chi connectivity index (χ1v) is 6.17. The molecule has 1 nitrogen and oxygen atoms in total. The van der Waals surface area contributed by atoms with Crippen molar-refractivity contribution < 1.29 is 0 Å². The Hall–Kier alpha value is -0.820. The molecule has 0 amide bonds. The molecule has 0 saturated carbocycles. The third-order valence-corrected chi connectivity index (χ3v) is 4.14. The molecule has 0 radical (unpaired) electrons. The predicted molar refractivity (Wildman–Crippen MR) is 63.0 cm³/mol. The zero-order chi connectivity index (χ0) is 10.4. The predicted octanol–water partition coefficient (Wildman–Crippen LogP) is 3.07. The molecule has 2 aliphatic carbocycles. The number of aryl methyl sites for hydroxylation is 2. The van der Waals surface area contributed by atoms with Crippen LogP contribution in [0, 0.1) is 0 Å². The Kier molecular flexibility index (Phi) is 2.10. The SMILES string of the molecule is CC1CC[C@@H](N)c2cc3c(cc21)CCC3. The summed E-state index contributed by atoms with van der Waals surface area (Å²) in [6, 6.07) is 5.14. The highest BCUT2D eigenvalue weighted by Crippen LogP contribution is 2.39. The minimum Gasteiger partial charge on any atom is -0.324 e. The van der Waals surface area contributed by atoms with E-state index in [2.05, 4.69) is 19.1 Å². The molecule has 0 heterocycles. The van der Waals surface area contributed by atoms with Crippen LogP contribution in [0.4, 0.5) is 0 Å². The molecule has 2 atom stereocenters. The third-order valence-electron chi connectivity index (χ3n) is 4.14. The molecule has 1 unspecified atom stereocenters. The maximum absolute atomic E-state index is 6.20. The molecular weight excluding hydrogens is 182 g/mol. The van der Waals surface area contributed by atoms with E-state index < -0.39 is 0 Å². The van der Waals surface area contributed by atoms with Crippen LogP contribution in [0.25, 0.3) is 0 Å². The standard InChI is InChI=1S/C14H19N/c1-9-5-6-14(15)13-8-11-4-2-3-10(11)7-12(9)13/h7-9,14H,2-6,15H2,1H3/t9?,14-/m1/s1. The average molecular weight is 201 g/mol. The highest BCUT2D eigenvalue weighted by molar-refractivity contribution is 5.44. The number of fused-ring (bicyclic) bond motifs is 2. The molecule has 1 aromatic rings. The molecule has 0 aromatic heterocycles. The van der Waals surface area contributed by atoms with Crippen LogP contribution in [0.1, 0.15) is 60.4 Å². The quantitative estimate of drug-likeness (QED) is 0.686. The van der Waals surface area contributed by atoms with Gasteiger partial charge >= 0.3 is 0 Å². The lowest BCUT2D eigenvalue weighted by Gasteiger charge is -2.28. The van der Waals surface area contributed by atoms with Gasteiger partial charge in [0.25, 0.3) is 0 Å². The van der Waals surface area contributed by atoms with Crippen LogP contribution >= 0.6 is 0 Å². The van der Waals surface area contributed by atoms with Gasteiger partial charge in [0, 0.05) is 6.04 Å². The Labute approximate surface area is 91.7 Å². The zero-order valence-electron chi connectivity index (χ0n) is 9.42. The summed E-state index contributed by atoms with van der Waals surface area (Å²) in [4.78, 5) is 0. The van der Waals surface area contributed by atoms with Crippen LogP contribution in [-0.4, -0.2) is 0 Å². The Morgan fingerprint density at radius 2 is 1.73 bits per heavy atom. The Morgan fingerprint density at radius 1 is 1.07 bits per heavy atom. The summed E-state index contributed by atoms with van der Waals surface area (Å²) in [5.41, 5.74) is 12.3. The van der Waals surface area contributed by atoms with Crippen molar-refractivity contribution >= 4 is 0 Å². The molecule has 0 aliphatic heterocycles. The summed E-state index contributed by atoms with van der Waals surface area (Å²) in [6.45, 7) is 2.34. The Balaban J connectivity index is 2.15. The summed E-state index contributed by atoms with van der Waals surface area (Å²) in [5.74, 6) is 0.714.